The molecule has 1 fully saturated rings. The van der Waals surface area contributed by atoms with E-state index < -0.39 is 0 Å². The highest BCUT2D eigenvalue weighted by Crippen LogP contribution is 2.22. The van der Waals surface area contributed by atoms with Crippen molar-refractivity contribution in [3.8, 4) is 6.07 Å². The Morgan fingerprint density at radius 3 is 2.75 bits per heavy atom. The number of anilines is 1. The van der Waals surface area contributed by atoms with Gasteiger partial charge in [0, 0.05) is 19.1 Å². The Morgan fingerprint density at radius 2 is 2.15 bits per heavy atom. The summed E-state index contributed by atoms with van der Waals surface area (Å²) in [5.74, 6) is 0.727. The van der Waals surface area contributed by atoms with Crippen molar-refractivity contribution in [2.24, 2.45) is 0 Å². The van der Waals surface area contributed by atoms with Crippen molar-refractivity contribution in [2.75, 3.05) is 24.5 Å². The maximum Gasteiger partial charge on any atom is 0.169 e. The van der Waals surface area contributed by atoms with Crippen LogP contribution in [0.25, 0.3) is 0 Å². The van der Waals surface area contributed by atoms with E-state index in [1.807, 2.05) is 13.8 Å². The van der Waals surface area contributed by atoms with Crippen LogP contribution in [0.5, 0.6) is 0 Å². The monoisotopic (exact) mass is 273 g/mol. The van der Waals surface area contributed by atoms with Gasteiger partial charge in [-0.05, 0) is 45.7 Å². The maximum atomic E-state index is 9.41. The number of nitrogens with one attached hydrogen (secondary N) is 1. The van der Waals surface area contributed by atoms with Gasteiger partial charge < -0.3 is 10.2 Å². The fourth-order valence-corrected chi connectivity index (χ4v) is 2.66. The van der Waals surface area contributed by atoms with E-state index in [4.69, 9.17) is 0 Å². The zero-order valence-corrected chi connectivity index (χ0v) is 12.6. The smallest absolute Gasteiger partial charge is 0.169 e. The molecule has 1 aliphatic rings. The summed E-state index contributed by atoms with van der Waals surface area (Å²) in [6.45, 7) is 8.75. The van der Waals surface area contributed by atoms with Gasteiger partial charge in [0.05, 0.1) is 5.69 Å². The number of likely N-dealkylation sites (N-methyl/N-ethyl adjacent to an activating group) is 1. The van der Waals surface area contributed by atoms with E-state index in [9.17, 15) is 5.26 Å². The van der Waals surface area contributed by atoms with Crippen molar-refractivity contribution in [1.29, 1.82) is 5.26 Å². The highest BCUT2D eigenvalue weighted by molar-refractivity contribution is 5.57. The molecule has 1 aromatic heterocycles. The molecule has 0 aromatic carbocycles. The molecule has 0 aliphatic carbocycles. The standard InChI is InChI=1S/C15H23N5/c1-4-20(10-13-7-5-6-8-17-13)15-14(9-16)11(2)12(3)18-19-15/h13,17H,4-8,10H2,1-3H3. The molecule has 0 saturated carbocycles. The van der Waals surface area contributed by atoms with Crippen molar-refractivity contribution < 1.29 is 0 Å². The minimum atomic E-state index is 0.485. The Hall–Kier alpha value is -1.67. The lowest BCUT2D eigenvalue weighted by Crippen LogP contribution is -2.44. The first kappa shape index (κ1) is 14.7. The van der Waals surface area contributed by atoms with Crippen LogP contribution in [0.2, 0.25) is 0 Å². The summed E-state index contributed by atoms with van der Waals surface area (Å²) in [6.07, 6.45) is 3.73. The van der Waals surface area contributed by atoms with Crippen molar-refractivity contribution in [3.05, 3.63) is 16.8 Å². The first-order valence-corrected chi connectivity index (χ1v) is 7.39. The van der Waals surface area contributed by atoms with Crippen LogP contribution in [-0.4, -0.2) is 35.9 Å². The predicted molar refractivity (Wildman–Crippen MR) is 79.7 cm³/mol. The second-order valence-corrected chi connectivity index (χ2v) is 5.41. The molecule has 5 heteroatoms. The zero-order chi connectivity index (χ0) is 14.5. The van der Waals surface area contributed by atoms with E-state index in [-0.39, 0.29) is 0 Å². The molecular weight excluding hydrogens is 250 g/mol. The number of aromatic nitrogens is 2. The Labute approximate surface area is 121 Å². The van der Waals surface area contributed by atoms with Crippen molar-refractivity contribution in [3.63, 3.8) is 0 Å². The van der Waals surface area contributed by atoms with Crippen LogP contribution < -0.4 is 10.2 Å². The fourth-order valence-electron chi connectivity index (χ4n) is 2.66. The number of nitrogens with zero attached hydrogens (tertiary/aromatic N) is 4. The SMILES string of the molecule is CCN(CC1CCCCN1)c1nnc(C)c(C)c1C#N. The van der Waals surface area contributed by atoms with Gasteiger partial charge in [0.25, 0.3) is 0 Å². The average molecular weight is 273 g/mol. The third-order valence-corrected chi connectivity index (χ3v) is 4.08. The van der Waals surface area contributed by atoms with Crippen molar-refractivity contribution >= 4 is 5.82 Å². The van der Waals surface area contributed by atoms with Gasteiger partial charge in [-0.15, -0.1) is 5.10 Å². The number of rotatable bonds is 4. The van der Waals surface area contributed by atoms with Crippen LogP contribution in [0.1, 0.15) is 43.0 Å². The van der Waals surface area contributed by atoms with E-state index in [1.165, 1.54) is 19.3 Å². The summed E-state index contributed by atoms with van der Waals surface area (Å²) in [7, 11) is 0. The van der Waals surface area contributed by atoms with Gasteiger partial charge in [-0.1, -0.05) is 6.42 Å². The third kappa shape index (κ3) is 3.07. The van der Waals surface area contributed by atoms with E-state index in [2.05, 4.69) is 33.4 Å². The molecule has 0 radical (unpaired) electrons. The second kappa shape index (κ2) is 6.67. The van der Waals surface area contributed by atoms with Gasteiger partial charge in [-0.25, -0.2) is 0 Å². The van der Waals surface area contributed by atoms with Crippen LogP contribution in [-0.2, 0) is 0 Å². The van der Waals surface area contributed by atoms with E-state index in [0.29, 0.717) is 11.6 Å². The molecule has 0 amide bonds. The van der Waals surface area contributed by atoms with Gasteiger partial charge in [-0.2, -0.15) is 10.4 Å². The lowest BCUT2D eigenvalue weighted by molar-refractivity contribution is 0.399. The predicted octanol–water partition coefficient (Wildman–Crippen LogP) is 1.93. The van der Waals surface area contributed by atoms with Crippen LogP contribution in [0.3, 0.4) is 0 Å². The lowest BCUT2D eigenvalue weighted by Gasteiger charge is -2.31. The molecule has 1 saturated heterocycles. The van der Waals surface area contributed by atoms with E-state index >= 15 is 0 Å². The summed E-state index contributed by atoms with van der Waals surface area (Å²) in [5, 5.41) is 21.4. The summed E-state index contributed by atoms with van der Waals surface area (Å²) < 4.78 is 0. The van der Waals surface area contributed by atoms with Gasteiger partial charge in [0.15, 0.2) is 5.82 Å². The molecule has 1 unspecified atom stereocenters. The highest BCUT2D eigenvalue weighted by atomic mass is 15.3. The highest BCUT2D eigenvalue weighted by Gasteiger charge is 2.20. The van der Waals surface area contributed by atoms with Crippen molar-refractivity contribution in [1.82, 2.24) is 15.5 Å². The quantitative estimate of drug-likeness (QED) is 0.908. The van der Waals surface area contributed by atoms with Crippen LogP contribution in [0.15, 0.2) is 0 Å². The maximum absolute atomic E-state index is 9.41. The number of nitriles is 1. The molecular formula is C15H23N5. The van der Waals surface area contributed by atoms with E-state index in [1.54, 1.807) is 0 Å². The molecule has 1 aromatic rings. The number of aryl methyl sites for hydroxylation is 1. The van der Waals surface area contributed by atoms with Crippen LogP contribution in [0.4, 0.5) is 5.82 Å². The van der Waals surface area contributed by atoms with E-state index in [0.717, 1.165) is 36.7 Å². The topological polar surface area (TPSA) is 64.8 Å². The third-order valence-electron chi connectivity index (χ3n) is 4.08. The first-order chi connectivity index (χ1) is 9.67. The molecule has 1 aliphatic heterocycles. The van der Waals surface area contributed by atoms with Gasteiger partial charge in [0.1, 0.15) is 11.6 Å². The van der Waals surface area contributed by atoms with Gasteiger partial charge in [0.2, 0.25) is 0 Å². The largest absolute Gasteiger partial charge is 0.353 e. The number of hydrogen-bond donors (Lipinski definition) is 1. The number of hydrogen-bond acceptors (Lipinski definition) is 5. The summed E-state index contributed by atoms with van der Waals surface area (Å²) >= 11 is 0. The van der Waals surface area contributed by atoms with Gasteiger partial charge in [-0.3, -0.25) is 0 Å². The summed E-state index contributed by atoms with van der Waals surface area (Å²) in [4.78, 5) is 2.17. The molecule has 0 spiro atoms. The Bertz CT molecular complexity index is 500. The average Bonchev–Trinajstić information content (AvgIpc) is 2.48. The Balaban J connectivity index is 2.23. The molecule has 2 heterocycles. The van der Waals surface area contributed by atoms with Crippen LogP contribution >= 0.6 is 0 Å². The summed E-state index contributed by atoms with van der Waals surface area (Å²) in [6, 6.07) is 2.78. The molecule has 1 N–H and O–H groups in total. The molecule has 20 heavy (non-hydrogen) atoms. The lowest BCUT2D eigenvalue weighted by atomic mass is 10.0. The molecule has 2 rings (SSSR count). The molecule has 1 atom stereocenters. The minimum Gasteiger partial charge on any atom is -0.353 e. The Kier molecular flexibility index (Phi) is 4.91. The molecule has 0 bridgehead atoms. The Morgan fingerprint density at radius 1 is 1.35 bits per heavy atom. The second-order valence-electron chi connectivity index (χ2n) is 5.41. The fraction of sp³-hybridized carbons (Fsp3) is 0.667. The van der Waals surface area contributed by atoms with Crippen molar-refractivity contribution in [2.45, 2.75) is 46.1 Å². The molecule has 5 nitrogen and oxygen atoms in total. The van der Waals surface area contributed by atoms with Crippen LogP contribution in [0, 0.1) is 25.2 Å². The first-order valence-electron chi connectivity index (χ1n) is 7.39. The number of piperidine rings is 1. The minimum absolute atomic E-state index is 0.485. The zero-order valence-electron chi connectivity index (χ0n) is 12.6. The normalized spacial score (nSPS) is 18.6. The molecule has 108 valence electrons. The van der Waals surface area contributed by atoms with Gasteiger partial charge >= 0.3 is 0 Å². The summed E-state index contributed by atoms with van der Waals surface area (Å²) in [5.41, 5.74) is 2.43.